The van der Waals surface area contributed by atoms with Gasteiger partial charge in [-0.05, 0) is 37.3 Å². The summed E-state index contributed by atoms with van der Waals surface area (Å²) in [6.07, 6.45) is 1.06. The summed E-state index contributed by atoms with van der Waals surface area (Å²) in [5, 5.41) is 11.9. The number of hydrogen-bond acceptors (Lipinski definition) is 3. The lowest BCUT2D eigenvalue weighted by Gasteiger charge is -2.07. The number of anilines is 1. The van der Waals surface area contributed by atoms with Crippen molar-refractivity contribution in [3.8, 4) is 11.8 Å². The molecular formula is C21H16ClFN4O2. The van der Waals surface area contributed by atoms with Crippen LogP contribution in [0.5, 0.6) is 0 Å². The molecule has 0 radical (unpaired) electrons. The van der Waals surface area contributed by atoms with E-state index in [0.717, 1.165) is 6.08 Å². The standard InChI is InChI=1S/C21H16ClFN4O2/c1-13-19(21(29)27(26(13)2)15-7-4-3-5-8-15)25-20(28)14(12-24)11-16-17(22)9-6-10-18(16)23/h3-11H,1-2H3,(H,25,28)/b14-11+. The van der Waals surface area contributed by atoms with Gasteiger partial charge >= 0.3 is 0 Å². The van der Waals surface area contributed by atoms with Crippen LogP contribution in [0.3, 0.4) is 0 Å². The molecule has 1 N–H and O–H groups in total. The molecule has 0 unspecified atom stereocenters. The third-order valence-corrected chi connectivity index (χ3v) is 4.78. The fourth-order valence-corrected chi connectivity index (χ4v) is 3.05. The molecule has 6 nitrogen and oxygen atoms in total. The van der Waals surface area contributed by atoms with E-state index in [1.54, 1.807) is 49.0 Å². The monoisotopic (exact) mass is 410 g/mol. The minimum Gasteiger partial charge on any atom is -0.315 e. The van der Waals surface area contributed by atoms with Crippen LogP contribution in [0.2, 0.25) is 5.02 Å². The van der Waals surface area contributed by atoms with Crippen LogP contribution in [0, 0.1) is 24.1 Å². The Bertz CT molecular complexity index is 1200. The number of para-hydroxylation sites is 1. The van der Waals surface area contributed by atoms with E-state index in [4.69, 9.17) is 11.6 Å². The van der Waals surface area contributed by atoms with Gasteiger partial charge in [0.25, 0.3) is 11.5 Å². The molecular weight excluding hydrogens is 395 g/mol. The first-order valence-electron chi connectivity index (χ1n) is 8.56. The molecule has 0 atom stereocenters. The maximum atomic E-state index is 14.0. The van der Waals surface area contributed by atoms with Crippen LogP contribution >= 0.6 is 11.6 Å². The Kier molecular flexibility index (Phi) is 5.66. The van der Waals surface area contributed by atoms with E-state index >= 15 is 0 Å². The Labute approximate surface area is 171 Å². The fraction of sp³-hybridized carbons (Fsp3) is 0.0952. The maximum Gasteiger partial charge on any atom is 0.295 e. The van der Waals surface area contributed by atoms with Gasteiger partial charge in [-0.2, -0.15) is 5.26 Å². The lowest BCUT2D eigenvalue weighted by Crippen LogP contribution is -2.23. The molecule has 0 saturated heterocycles. The summed E-state index contributed by atoms with van der Waals surface area (Å²) in [4.78, 5) is 25.5. The number of benzene rings is 2. The van der Waals surface area contributed by atoms with Crippen LogP contribution in [-0.2, 0) is 11.8 Å². The average Bonchev–Trinajstić information content (AvgIpc) is 2.91. The van der Waals surface area contributed by atoms with Crippen molar-refractivity contribution >= 4 is 29.3 Å². The molecule has 146 valence electrons. The molecule has 0 fully saturated rings. The fourth-order valence-electron chi connectivity index (χ4n) is 2.83. The first-order valence-corrected chi connectivity index (χ1v) is 8.94. The maximum absolute atomic E-state index is 14.0. The van der Waals surface area contributed by atoms with E-state index in [1.165, 1.54) is 22.9 Å². The largest absolute Gasteiger partial charge is 0.315 e. The van der Waals surface area contributed by atoms with Crippen molar-refractivity contribution < 1.29 is 9.18 Å². The third-order valence-electron chi connectivity index (χ3n) is 4.45. The number of halogens is 2. The number of aromatic nitrogens is 2. The first-order chi connectivity index (χ1) is 13.8. The second kappa shape index (κ2) is 8.17. The van der Waals surface area contributed by atoms with E-state index < -0.39 is 17.3 Å². The Morgan fingerprint density at radius 2 is 1.90 bits per heavy atom. The lowest BCUT2D eigenvalue weighted by atomic mass is 10.1. The van der Waals surface area contributed by atoms with Crippen molar-refractivity contribution in [1.82, 2.24) is 9.36 Å². The van der Waals surface area contributed by atoms with Crippen LogP contribution in [0.15, 0.2) is 58.9 Å². The van der Waals surface area contributed by atoms with Crippen LogP contribution in [-0.4, -0.2) is 15.3 Å². The van der Waals surface area contributed by atoms with E-state index in [2.05, 4.69) is 5.32 Å². The van der Waals surface area contributed by atoms with Gasteiger partial charge in [0.2, 0.25) is 0 Å². The normalized spacial score (nSPS) is 11.2. The predicted molar refractivity (Wildman–Crippen MR) is 109 cm³/mol. The molecule has 0 saturated carbocycles. The molecule has 1 heterocycles. The summed E-state index contributed by atoms with van der Waals surface area (Å²) in [6.45, 7) is 1.67. The van der Waals surface area contributed by atoms with Crippen molar-refractivity contribution in [2.24, 2.45) is 7.05 Å². The van der Waals surface area contributed by atoms with E-state index in [1.807, 2.05) is 6.07 Å². The highest BCUT2D eigenvalue weighted by Gasteiger charge is 2.20. The van der Waals surface area contributed by atoms with Gasteiger partial charge in [0, 0.05) is 12.6 Å². The number of carbonyl (C=O) groups excluding carboxylic acids is 1. The van der Waals surface area contributed by atoms with Gasteiger partial charge in [-0.25, -0.2) is 9.07 Å². The van der Waals surface area contributed by atoms with Crippen molar-refractivity contribution in [2.45, 2.75) is 6.92 Å². The number of hydrogen-bond donors (Lipinski definition) is 1. The SMILES string of the molecule is Cc1c(NC(=O)/C(C#N)=C/c2c(F)cccc2Cl)c(=O)n(-c2ccccc2)n1C. The Morgan fingerprint density at radius 3 is 2.52 bits per heavy atom. The second-order valence-electron chi connectivity index (χ2n) is 6.20. The van der Waals surface area contributed by atoms with Gasteiger partial charge in [-0.1, -0.05) is 35.9 Å². The molecule has 2 aromatic carbocycles. The summed E-state index contributed by atoms with van der Waals surface area (Å²) in [6, 6.07) is 14.7. The number of nitrogens with zero attached hydrogens (tertiary/aromatic N) is 3. The topological polar surface area (TPSA) is 79.8 Å². The summed E-state index contributed by atoms with van der Waals surface area (Å²) in [5.41, 5.74) is 0.234. The van der Waals surface area contributed by atoms with Crippen LogP contribution in [0.1, 0.15) is 11.3 Å². The van der Waals surface area contributed by atoms with Gasteiger partial charge in [-0.15, -0.1) is 0 Å². The molecule has 0 bridgehead atoms. The van der Waals surface area contributed by atoms with E-state index in [9.17, 15) is 19.2 Å². The molecule has 3 aromatic rings. The van der Waals surface area contributed by atoms with E-state index in [-0.39, 0.29) is 21.8 Å². The number of amides is 1. The van der Waals surface area contributed by atoms with Crippen LogP contribution < -0.4 is 10.9 Å². The number of nitrogens with one attached hydrogen (secondary N) is 1. The molecule has 1 aromatic heterocycles. The molecule has 8 heteroatoms. The summed E-state index contributed by atoms with van der Waals surface area (Å²) < 4.78 is 17.0. The van der Waals surface area contributed by atoms with Gasteiger partial charge in [0.15, 0.2) is 0 Å². The molecule has 29 heavy (non-hydrogen) atoms. The zero-order valence-corrected chi connectivity index (χ0v) is 16.4. The molecule has 0 spiro atoms. The highest BCUT2D eigenvalue weighted by Crippen LogP contribution is 2.22. The smallest absolute Gasteiger partial charge is 0.295 e. The minimum atomic E-state index is -0.835. The number of nitriles is 1. The summed E-state index contributed by atoms with van der Waals surface area (Å²) >= 11 is 5.96. The average molecular weight is 411 g/mol. The van der Waals surface area contributed by atoms with Crippen molar-refractivity contribution in [3.63, 3.8) is 0 Å². The minimum absolute atomic E-state index is 0.0298. The summed E-state index contributed by atoms with van der Waals surface area (Å²) in [5.74, 6) is -1.50. The van der Waals surface area contributed by atoms with Crippen LogP contribution in [0.25, 0.3) is 11.8 Å². The van der Waals surface area contributed by atoms with Gasteiger partial charge in [-0.3, -0.25) is 14.3 Å². The number of rotatable bonds is 4. The van der Waals surface area contributed by atoms with Crippen molar-refractivity contribution in [2.75, 3.05) is 5.32 Å². The van der Waals surface area contributed by atoms with Gasteiger partial charge < -0.3 is 5.32 Å². The highest BCUT2D eigenvalue weighted by molar-refractivity contribution is 6.32. The van der Waals surface area contributed by atoms with Crippen molar-refractivity contribution in [1.29, 1.82) is 5.26 Å². The summed E-state index contributed by atoms with van der Waals surface area (Å²) in [7, 11) is 1.68. The Morgan fingerprint density at radius 1 is 1.21 bits per heavy atom. The first kappa shape index (κ1) is 20.1. The zero-order valence-electron chi connectivity index (χ0n) is 15.6. The lowest BCUT2D eigenvalue weighted by molar-refractivity contribution is -0.112. The quantitative estimate of drug-likeness (QED) is 0.524. The third kappa shape index (κ3) is 3.84. The highest BCUT2D eigenvalue weighted by atomic mass is 35.5. The molecule has 1 amide bonds. The van der Waals surface area contributed by atoms with Gasteiger partial charge in [0.1, 0.15) is 23.1 Å². The Balaban J connectivity index is 2.00. The molecule has 0 aliphatic heterocycles. The van der Waals surface area contributed by atoms with Crippen LogP contribution in [0.4, 0.5) is 10.1 Å². The second-order valence-corrected chi connectivity index (χ2v) is 6.60. The predicted octanol–water partition coefficient (Wildman–Crippen LogP) is 3.82. The number of carbonyl (C=O) groups is 1. The van der Waals surface area contributed by atoms with Gasteiger partial charge in [0.05, 0.1) is 16.4 Å². The Hall–Kier alpha value is -3.63. The van der Waals surface area contributed by atoms with E-state index in [0.29, 0.717) is 11.4 Å². The molecule has 0 aliphatic rings. The molecule has 3 rings (SSSR count). The van der Waals surface area contributed by atoms with Crippen molar-refractivity contribution in [3.05, 3.63) is 86.6 Å². The zero-order chi connectivity index (χ0) is 21.1. The molecule has 0 aliphatic carbocycles.